The summed E-state index contributed by atoms with van der Waals surface area (Å²) in [5.74, 6) is 0.130. The Bertz CT molecular complexity index is 230. The lowest BCUT2D eigenvalue weighted by atomic mass is 10.1. The van der Waals surface area contributed by atoms with E-state index in [9.17, 15) is 0 Å². The van der Waals surface area contributed by atoms with Gasteiger partial charge in [0, 0.05) is 11.5 Å². The number of nitrogens with zero attached hydrogens (tertiary/aromatic N) is 1. The third-order valence-electron chi connectivity index (χ3n) is 2.09. The standard InChI is InChI=1S/C8H17NS2.C2H2O4/c1-9(2)5-3-4-8-6-10-11-7-8;3-1(4)2(5)6/h8H,3-7H2,1-2H3;(H,3,4)(H,5,6). The predicted octanol–water partition coefficient (Wildman–Crippen LogP) is 1.49. The number of carboxylic acids is 2. The van der Waals surface area contributed by atoms with Gasteiger partial charge in [-0.25, -0.2) is 9.59 Å². The number of carbonyl (C=O) groups is 2. The summed E-state index contributed by atoms with van der Waals surface area (Å²) < 4.78 is 0. The first kappa shape index (κ1) is 16.6. The average molecular weight is 281 g/mol. The Morgan fingerprint density at radius 1 is 1.18 bits per heavy atom. The first-order chi connectivity index (χ1) is 7.93. The number of hydrogen-bond acceptors (Lipinski definition) is 5. The third-order valence-corrected chi connectivity index (χ3v) is 4.79. The van der Waals surface area contributed by atoms with Crippen molar-refractivity contribution in [2.45, 2.75) is 12.8 Å². The molecule has 0 amide bonds. The van der Waals surface area contributed by atoms with Crippen molar-refractivity contribution in [1.29, 1.82) is 0 Å². The van der Waals surface area contributed by atoms with E-state index in [1.165, 1.54) is 30.9 Å². The van der Waals surface area contributed by atoms with Gasteiger partial charge in [0.15, 0.2) is 0 Å². The summed E-state index contributed by atoms with van der Waals surface area (Å²) in [4.78, 5) is 20.5. The van der Waals surface area contributed by atoms with Crippen molar-refractivity contribution < 1.29 is 19.8 Å². The van der Waals surface area contributed by atoms with Crippen LogP contribution in [0.25, 0.3) is 0 Å². The van der Waals surface area contributed by atoms with Crippen molar-refractivity contribution in [3.8, 4) is 0 Å². The quantitative estimate of drug-likeness (QED) is 0.597. The van der Waals surface area contributed by atoms with Crippen LogP contribution in [0.3, 0.4) is 0 Å². The molecule has 2 N–H and O–H groups in total. The van der Waals surface area contributed by atoms with E-state index in [0.717, 1.165) is 5.92 Å². The second-order valence-corrected chi connectivity index (χ2v) is 6.54. The van der Waals surface area contributed by atoms with Crippen LogP contribution in [0.5, 0.6) is 0 Å². The van der Waals surface area contributed by atoms with E-state index >= 15 is 0 Å². The molecule has 0 aromatic heterocycles. The minimum absolute atomic E-state index is 1.00. The smallest absolute Gasteiger partial charge is 0.414 e. The van der Waals surface area contributed by atoms with E-state index < -0.39 is 11.9 Å². The monoisotopic (exact) mass is 281 g/mol. The summed E-state index contributed by atoms with van der Waals surface area (Å²) in [6.07, 6.45) is 2.80. The Labute approximate surface area is 109 Å². The van der Waals surface area contributed by atoms with Crippen LogP contribution in [0.1, 0.15) is 12.8 Å². The molecule has 1 heterocycles. The maximum absolute atomic E-state index is 9.10. The third kappa shape index (κ3) is 10.5. The minimum atomic E-state index is -1.82. The summed E-state index contributed by atoms with van der Waals surface area (Å²) in [5.41, 5.74) is 0. The van der Waals surface area contributed by atoms with Gasteiger partial charge in [0.2, 0.25) is 0 Å². The van der Waals surface area contributed by atoms with E-state index in [1.54, 1.807) is 0 Å². The zero-order valence-corrected chi connectivity index (χ0v) is 11.7. The molecule has 0 radical (unpaired) electrons. The second kappa shape index (κ2) is 9.61. The van der Waals surface area contributed by atoms with Gasteiger partial charge in [0.05, 0.1) is 0 Å². The van der Waals surface area contributed by atoms with Crippen LogP contribution in [-0.4, -0.2) is 59.2 Å². The van der Waals surface area contributed by atoms with E-state index in [4.69, 9.17) is 19.8 Å². The van der Waals surface area contributed by atoms with Crippen LogP contribution < -0.4 is 0 Å². The molecule has 5 nitrogen and oxygen atoms in total. The van der Waals surface area contributed by atoms with Gasteiger partial charge < -0.3 is 15.1 Å². The summed E-state index contributed by atoms with van der Waals surface area (Å²) in [5, 5.41) is 14.8. The topological polar surface area (TPSA) is 77.8 Å². The van der Waals surface area contributed by atoms with Gasteiger partial charge in [-0.15, -0.1) is 0 Å². The zero-order chi connectivity index (χ0) is 13.3. The van der Waals surface area contributed by atoms with Crippen molar-refractivity contribution in [3.63, 3.8) is 0 Å². The number of hydrogen-bond donors (Lipinski definition) is 2. The molecule has 1 aliphatic heterocycles. The van der Waals surface area contributed by atoms with Crippen molar-refractivity contribution in [1.82, 2.24) is 4.90 Å². The Balaban J connectivity index is 0.000000366. The lowest BCUT2D eigenvalue weighted by molar-refractivity contribution is -0.159. The van der Waals surface area contributed by atoms with Crippen LogP contribution in [0, 0.1) is 5.92 Å². The van der Waals surface area contributed by atoms with Crippen molar-refractivity contribution in [2.75, 3.05) is 32.1 Å². The van der Waals surface area contributed by atoms with Gasteiger partial charge in [0.1, 0.15) is 0 Å². The molecule has 0 unspecified atom stereocenters. The summed E-state index contributed by atoms with van der Waals surface area (Å²) >= 11 is 0. The number of rotatable bonds is 4. The Morgan fingerprint density at radius 3 is 2.00 bits per heavy atom. The minimum Gasteiger partial charge on any atom is -0.473 e. The Hall–Kier alpha value is -0.400. The number of carboxylic acid groups (broad SMARTS) is 2. The first-order valence-corrected chi connectivity index (χ1v) is 7.77. The van der Waals surface area contributed by atoms with E-state index in [0.29, 0.717) is 0 Å². The average Bonchev–Trinajstić information content (AvgIpc) is 2.70. The molecule has 0 saturated carbocycles. The molecular formula is C10H19NO4S2. The molecule has 0 atom stereocenters. The maximum Gasteiger partial charge on any atom is 0.414 e. The van der Waals surface area contributed by atoms with Crippen molar-refractivity contribution in [2.24, 2.45) is 5.92 Å². The van der Waals surface area contributed by atoms with Gasteiger partial charge in [-0.2, -0.15) is 0 Å². The Kier molecular flexibility index (Phi) is 9.39. The molecule has 17 heavy (non-hydrogen) atoms. The molecular weight excluding hydrogens is 262 g/mol. The fourth-order valence-corrected chi connectivity index (χ4v) is 4.23. The van der Waals surface area contributed by atoms with E-state index in [2.05, 4.69) is 19.0 Å². The van der Waals surface area contributed by atoms with Crippen LogP contribution >= 0.6 is 21.6 Å². The van der Waals surface area contributed by atoms with Crippen molar-refractivity contribution >= 4 is 33.5 Å². The Morgan fingerprint density at radius 2 is 1.65 bits per heavy atom. The summed E-state index contributed by atoms with van der Waals surface area (Å²) in [6, 6.07) is 0. The molecule has 1 rings (SSSR count). The highest BCUT2D eigenvalue weighted by Gasteiger charge is 2.15. The zero-order valence-electron chi connectivity index (χ0n) is 10.1. The lowest BCUT2D eigenvalue weighted by Crippen LogP contribution is -2.14. The molecule has 1 aliphatic rings. The van der Waals surface area contributed by atoms with E-state index in [-0.39, 0.29) is 0 Å². The fraction of sp³-hybridized carbons (Fsp3) is 0.800. The van der Waals surface area contributed by atoms with Gasteiger partial charge in [-0.3, -0.25) is 0 Å². The van der Waals surface area contributed by atoms with Crippen LogP contribution in [0.2, 0.25) is 0 Å². The van der Waals surface area contributed by atoms with Crippen molar-refractivity contribution in [3.05, 3.63) is 0 Å². The molecule has 7 heteroatoms. The van der Waals surface area contributed by atoms with Gasteiger partial charge in [-0.05, 0) is 39.4 Å². The first-order valence-electron chi connectivity index (χ1n) is 5.28. The molecule has 0 bridgehead atoms. The SMILES string of the molecule is CN(C)CCCC1CSSC1.O=C(O)C(=O)O. The highest BCUT2D eigenvalue weighted by atomic mass is 33.1. The largest absolute Gasteiger partial charge is 0.473 e. The molecule has 0 aromatic carbocycles. The molecule has 1 fully saturated rings. The number of aliphatic carboxylic acids is 2. The molecule has 100 valence electrons. The summed E-state index contributed by atoms with van der Waals surface area (Å²) in [7, 11) is 8.39. The van der Waals surface area contributed by atoms with Crippen LogP contribution in [0.4, 0.5) is 0 Å². The van der Waals surface area contributed by atoms with Crippen LogP contribution in [-0.2, 0) is 9.59 Å². The normalized spacial score (nSPS) is 15.5. The van der Waals surface area contributed by atoms with Crippen LogP contribution in [0.15, 0.2) is 0 Å². The van der Waals surface area contributed by atoms with Gasteiger partial charge in [0.25, 0.3) is 0 Å². The highest BCUT2D eigenvalue weighted by molar-refractivity contribution is 8.77. The van der Waals surface area contributed by atoms with Gasteiger partial charge >= 0.3 is 11.9 Å². The highest BCUT2D eigenvalue weighted by Crippen LogP contribution is 2.36. The predicted molar refractivity (Wildman–Crippen MR) is 71.5 cm³/mol. The molecule has 1 saturated heterocycles. The lowest BCUT2D eigenvalue weighted by Gasteiger charge is -2.11. The maximum atomic E-state index is 9.10. The molecule has 0 aromatic rings. The molecule has 0 spiro atoms. The van der Waals surface area contributed by atoms with E-state index in [1.807, 2.05) is 21.6 Å². The summed E-state index contributed by atoms with van der Waals surface area (Å²) in [6.45, 7) is 1.26. The second-order valence-electron chi connectivity index (χ2n) is 3.99. The fourth-order valence-electron chi connectivity index (χ4n) is 1.20. The van der Waals surface area contributed by atoms with Gasteiger partial charge in [-0.1, -0.05) is 21.6 Å². The molecule has 0 aliphatic carbocycles.